The van der Waals surface area contributed by atoms with Crippen LogP contribution in [-0.2, 0) is 4.74 Å². The normalized spacial score (nSPS) is 20.3. The standard InChI is InChI=1S/C17H26N2O5/c1-3-18(4-2)15(11-21)16(22)12-5-7-13(8-6-12)19-9-14(10-20)24-17(19)23/h5-8,14-16,20-22H,3-4,9-11H2,1-2H3/t14-,15-,16+/m1/s1. The number of anilines is 1. The van der Waals surface area contributed by atoms with Crippen LogP contribution < -0.4 is 4.90 Å². The number of cyclic esters (lactones) is 1. The van der Waals surface area contributed by atoms with Gasteiger partial charge in [0.25, 0.3) is 0 Å². The molecule has 0 unspecified atom stereocenters. The molecule has 24 heavy (non-hydrogen) atoms. The number of rotatable bonds is 8. The van der Waals surface area contributed by atoms with Crippen LogP contribution >= 0.6 is 0 Å². The minimum absolute atomic E-state index is 0.138. The summed E-state index contributed by atoms with van der Waals surface area (Å²) in [5, 5.41) is 29.3. The second-order valence-electron chi connectivity index (χ2n) is 5.81. The van der Waals surface area contributed by atoms with E-state index in [2.05, 4.69) is 0 Å². The molecule has 0 aliphatic carbocycles. The fraction of sp³-hybridized carbons (Fsp3) is 0.588. The fourth-order valence-corrected chi connectivity index (χ4v) is 3.01. The topological polar surface area (TPSA) is 93.5 Å². The first-order valence-electron chi connectivity index (χ1n) is 8.27. The summed E-state index contributed by atoms with van der Waals surface area (Å²) in [6, 6.07) is 6.57. The van der Waals surface area contributed by atoms with Gasteiger partial charge >= 0.3 is 6.09 Å². The molecule has 3 N–H and O–H groups in total. The van der Waals surface area contributed by atoms with Gasteiger partial charge in [-0.15, -0.1) is 0 Å². The molecule has 1 amide bonds. The lowest BCUT2D eigenvalue weighted by Crippen LogP contribution is -2.42. The van der Waals surface area contributed by atoms with E-state index in [9.17, 15) is 15.0 Å². The van der Waals surface area contributed by atoms with Crippen LogP contribution in [0.25, 0.3) is 0 Å². The monoisotopic (exact) mass is 338 g/mol. The Kier molecular flexibility index (Phi) is 6.56. The number of hydrogen-bond donors (Lipinski definition) is 3. The van der Waals surface area contributed by atoms with Gasteiger partial charge in [0, 0.05) is 5.69 Å². The van der Waals surface area contributed by atoms with Crippen molar-refractivity contribution in [1.29, 1.82) is 0 Å². The van der Waals surface area contributed by atoms with E-state index in [-0.39, 0.29) is 19.3 Å². The van der Waals surface area contributed by atoms with Gasteiger partial charge in [0.05, 0.1) is 31.9 Å². The third-order valence-corrected chi connectivity index (χ3v) is 4.46. The lowest BCUT2D eigenvalue weighted by atomic mass is 10.0. The Hall–Kier alpha value is -1.67. The number of amides is 1. The predicted molar refractivity (Wildman–Crippen MR) is 89.9 cm³/mol. The molecule has 134 valence electrons. The van der Waals surface area contributed by atoms with E-state index in [1.54, 1.807) is 24.3 Å². The molecule has 0 radical (unpaired) electrons. The third-order valence-electron chi connectivity index (χ3n) is 4.46. The van der Waals surface area contributed by atoms with Crippen molar-refractivity contribution in [2.24, 2.45) is 0 Å². The molecular weight excluding hydrogens is 312 g/mol. The summed E-state index contributed by atoms with van der Waals surface area (Å²) < 4.78 is 5.02. The van der Waals surface area contributed by atoms with E-state index in [1.807, 2.05) is 18.7 Å². The van der Waals surface area contributed by atoms with Crippen LogP contribution in [0.4, 0.5) is 10.5 Å². The van der Waals surface area contributed by atoms with Gasteiger partial charge in [-0.25, -0.2) is 4.79 Å². The van der Waals surface area contributed by atoms with Crippen LogP contribution in [0.1, 0.15) is 25.5 Å². The minimum atomic E-state index is -0.820. The first kappa shape index (κ1) is 18.7. The molecule has 0 saturated carbocycles. The Morgan fingerprint density at radius 1 is 1.25 bits per heavy atom. The number of aliphatic hydroxyl groups excluding tert-OH is 3. The Balaban J connectivity index is 2.12. The number of nitrogens with zero attached hydrogens (tertiary/aromatic N) is 2. The van der Waals surface area contributed by atoms with Crippen molar-refractivity contribution < 1.29 is 24.9 Å². The molecule has 7 heteroatoms. The summed E-state index contributed by atoms with van der Waals surface area (Å²) >= 11 is 0. The second-order valence-corrected chi connectivity index (χ2v) is 5.81. The molecule has 3 atom stereocenters. The molecule has 0 bridgehead atoms. The number of hydrogen-bond acceptors (Lipinski definition) is 6. The van der Waals surface area contributed by atoms with E-state index < -0.39 is 18.3 Å². The van der Waals surface area contributed by atoms with E-state index in [0.29, 0.717) is 17.8 Å². The van der Waals surface area contributed by atoms with Gasteiger partial charge in [0.2, 0.25) is 0 Å². The fourth-order valence-electron chi connectivity index (χ4n) is 3.01. The molecule has 1 fully saturated rings. The van der Waals surface area contributed by atoms with Crippen LogP contribution in [0.3, 0.4) is 0 Å². The van der Waals surface area contributed by atoms with Crippen LogP contribution in [0.2, 0.25) is 0 Å². The van der Waals surface area contributed by atoms with E-state index in [1.165, 1.54) is 4.90 Å². The summed E-state index contributed by atoms with van der Waals surface area (Å²) in [6.45, 7) is 5.40. The first-order valence-corrected chi connectivity index (χ1v) is 8.27. The highest BCUT2D eigenvalue weighted by Crippen LogP contribution is 2.26. The predicted octanol–water partition coefficient (Wildman–Crippen LogP) is 0.740. The van der Waals surface area contributed by atoms with Crippen LogP contribution in [0, 0.1) is 0 Å². The first-order chi connectivity index (χ1) is 11.5. The van der Waals surface area contributed by atoms with Gasteiger partial charge < -0.3 is 20.1 Å². The van der Waals surface area contributed by atoms with Crippen molar-refractivity contribution in [1.82, 2.24) is 4.90 Å². The van der Waals surface area contributed by atoms with Gasteiger partial charge in [-0.2, -0.15) is 0 Å². The Labute approximate surface area is 142 Å². The van der Waals surface area contributed by atoms with Gasteiger partial charge in [-0.05, 0) is 30.8 Å². The van der Waals surface area contributed by atoms with Crippen LogP contribution in [0.15, 0.2) is 24.3 Å². The summed E-state index contributed by atoms with van der Waals surface area (Å²) in [4.78, 5) is 15.2. The lowest BCUT2D eigenvalue weighted by Gasteiger charge is -2.32. The number of carbonyl (C=O) groups excluding carboxylic acids is 1. The maximum Gasteiger partial charge on any atom is 0.414 e. The number of carbonyl (C=O) groups is 1. The number of aliphatic hydroxyl groups is 3. The van der Waals surface area contributed by atoms with Crippen LogP contribution in [-0.4, -0.2) is 71.3 Å². The maximum absolute atomic E-state index is 11.8. The Morgan fingerprint density at radius 2 is 1.88 bits per heavy atom. The molecule has 1 aliphatic rings. The van der Waals surface area contributed by atoms with Gasteiger partial charge in [0.15, 0.2) is 0 Å². The summed E-state index contributed by atoms with van der Waals surface area (Å²) in [6.07, 6.45) is -1.82. The zero-order valence-electron chi connectivity index (χ0n) is 14.1. The van der Waals surface area contributed by atoms with Crippen molar-refractivity contribution in [2.45, 2.75) is 32.1 Å². The van der Waals surface area contributed by atoms with Crippen LogP contribution in [0.5, 0.6) is 0 Å². The van der Waals surface area contributed by atoms with E-state index in [0.717, 1.165) is 13.1 Å². The lowest BCUT2D eigenvalue weighted by molar-refractivity contribution is 0.0194. The molecule has 1 aromatic rings. The van der Waals surface area contributed by atoms with E-state index >= 15 is 0 Å². The highest BCUT2D eigenvalue weighted by Gasteiger charge is 2.32. The van der Waals surface area contributed by atoms with Crippen molar-refractivity contribution in [3.63, 3.8) is 0 Å². The molecule has 1 aromatic carbocycles. The summed E-state index contributed by atoms with van der Waals surface area (Å²) in [5.41, 5.74) is 1.33. The molecular formula is C17H26N2O5. The van der Waals surface area contributed by atoms with E-state index in [4.69, 9.17) is 9.84 Å². The smallest absolute Gasteiger partial charge is 0.414 e. The van der Waals surface area contributed by atoms with Crippen molar-refractivity contribution >= 4 is 11.8 Å². The highest BCUT2D eigenvalue weighted by molar-refractivity contribution is 5.89. The minimum Gasteiger partial charge on any atom is -0.441 e. The average molecular weight is 338 g/mol. The van der Waals surface area contributed by atoms with Gasteiger partial charge in [0.1, 0.15) is 6.10 Å². The quantitative estimate of drug-likeness (QED) is 0.647. The summed E-state index contributed by atoms with van der Waals surface area (Å²) in [5.74, 6) is 0. The molecule has 2 rings (SSSR count). The highest BCUT2D eigenvalue weighted by atomic mass is 16.6. The number of ether oxygens (including phenoxy) is 1. The van der Waals surface area contributed by atoms with Gasteiger partial charge in [-0.1, -0.05) is 26.0 Å². The zero-order chi connectivity index (χ0) is 17.7. The molecule has 1 heterocycles. The molecule has 0 aromatic heterocycles. The zero-order valence-corrected chi connectivity index (χ0v) is 14.1. The molecule has 1 saturated heterocycles. The Bertz CT molecular complexity index is 532. The molecule has 0 spiro atoms. The van der Waals surface area contributed by atoms with Crippen molar-refractivity contribution in [3.8, 4) is 0 Å². The largest absolute Gasteiger partial charge is 0.441 e. The Morgan fingerprint density at radius 3 is 2.33 bits per heavy atom. The maximum atomic E-state index is 11.8. The van der Waals surface area contributed by atoms with Crippen molar-refractivity contribution in [2.75, 3.05) is 37.7 Å². The second kappa shape index (κ2) is 8.43. The third kappa shape index (κ3) is 3.87. The number of benzene rings is 1. The van der Waals surface area contributed by atoms with Crippen molar-refractivity contribution in [3.05, 3.63) is 29.8 Å². The molecule has 1 aliphatic heterocycles. The molecule has 7 nitrogen and oxygen atoms in total. The SMILES string of the molecule is CCN(CC)[C@H](CO)[C@@H](O)c1ccc(N2C[C@H](CO)OC2=O)cc1. The average Bonchev–Trinajstić information content (AvgIpc) is 3.00. The van der Waals surface area contributed by atoms with Gasteiger partial charge in [-0.3, -0.25) is 9.80 Å². The number of likely N-dealkylation sites (N-methyl/N-ethyl adjacent to an activating group) is 1. The summed E-state index contributed by atoms with van der Waals surface area (Å²) in [7, 11) is 0.